The topological polar surface area (TPSA) is 52.8 Å². The number of rotatable bonds is 3. The van der Waals surface area contributed by atoms with Gasteiger partial charge in [0.2, 0.25) is 0 Å². The molecule has 0 spiro atoms. The van der Waals surface area contributed by atoms with Crippen molar-refractivity contribution in [2.45, 2.75) is 6.61 Å². The number of phenolic OH excluding ortho intramolecular Hbond substituents is 1. The fourth-order valence-electron chi connectivity index (χ4n) is 1.51. The van der Waals surface area contributed by atoms with Crippen molar-refractivity contribution < 1.29 is 10.2 Å². The highest BCUT2D eigenvalue weighted by molar-refractivity contribution is 5.85. The van der Waals surface area contributed by atoms with Gasteiger partial charge in [-0.3, -0.25) is 4.99 Å². The van der Waals surface area contributed by atoms with Gasteiger partial charge in [0.05, 0.1) is 12.3 Å². The van der Waals surface area contributed by atoms with Crippen LogP contribution < -0.4 is 0 Å². The number of hydrogen-bond acceptors (Lipinski definition) is 3. The molecule has 0 saturated carbocycles. The zero-order valence-corrected chi connectivity index (χ0v) is 9.24. The molecule has 0 saturated heterocycles. The third-order valence-corrected chi connectivity index (χ3v) is 2.44. The highest BCUT2D eigenvalue weighted by Crippen LogP contribution is 2.20. The number of hydrogen-bond donors (Lipinski definition) is 2. The predicted molar refractivity (Wildman–Crippen MR) is 67.7 cm³/mol. The molecule has 2 rings (SSSR count). The van der Waals surface area contributed by atoms with Crippen molar-refractivity contribution in [2.24, 2.45) is 4.99 Å². The number of aliphatic imine (C=N–C) groups is 1. The number of para-hydroxylation sites is 2. The molecule has 0 aliphatic heterocycles. The predicted octanol–water partition coefficient (Wildman–Crippen LogP) is 2.64. The van der Waals surface area contributed by atoms with Gasteiger partial charge < -0.3 is 10.2 Å². The molecule has 0 fully saturated rings. The molecule has 0 aliphatic carbocycles. The van der Waals surface area contributed by atoms with Crippen LogP contribution in [-0.2, 0) is 6.61 Å². The molecule has 0 unspecified atom stereocenters. The highest BCUT2D eigenvalue weighted by atomic mass is 16.3. The Morgan fingerprint density at radius 1 is 1.00 bits per heavy atom. The number of nitrogens with zero attached hydrogens (tertiary/aromatic N) is 1. The van der Waals surface area contributed by atoms with Gasteiger partial charge in [-0.2, -0.15) is 0 Å². The largest absolute Gasteiger partial charge is 0.507 e. The quantitative estimate of drug-likeness (QED) is 0.792. The number of phenols is 1. The summed E-state index contributed by atoms with van der Waals surface area (Å²) in [5.41, 5.74) is 2.12. The van der Waals surface area contributed by atoms with Crippen LogP contribution in [0.25, 0.3) is 0 Å². The molecule has 0 radical (unpaired) electrons. The van der Waals surface area contributed by atoms with Gasteiger partial charge in [0, 0.05) is 17.3 Å². The molecule has 0 heterocycles. The van der Waals surface area contributed by atoms with Crippen LogP contribution in [0.5, 0.6) is 5.75 Å². The van der Waals surface area contributed by atoms with Gasteiger partial charge in [-0.25, -0.2) is 0 Å². The van der Waals surface area contributed by atoms with Crippen LogP contribution in [0.2, 0.25) is 0 Å². The van der Waals surface area contributed by atoms with Crippen LogP contribution >= 0.6 is 0 Å². The average Bonchev–Trinajstić information content (AvgIpc) is 2.38. The minimum absolute atomic E-state index is 0.0473. The molecule has 0 aromatic heterocycles. The lowest BCUT2D eigenvalue weighted by molar-refractivity contribution is 0.282. The molecule has 2 aromatic carbocycles. The lowest BCUT2D eigenvalue weighted by Crippen LogP contribution is -1.85. The molecular formula is C14H13NO2. The van der Waals surface area contributed by atoms with Gasteiger partial charge >= 0.3 is 0 Å². The number of aliphatic hydroxyl groups excluding tert-OH is 1. The van der Waals surface area contributed by atoms with E-state index in [2.05, 4.69) is 4.99 Å². The smallest absolute Gasteiger partial charge is 0.124 e. The first-order valence-corrected chi connectivity index (χ1v) is 5.32. The van der Waals surface area contributed by atoms with E-state index >= 15 is 0 Å². The Labute approximate surface area is 99.7 Å². The maximum absolute atomic E-state index is 9.57. The summed E-state index contributed by atoms with van der Waals surface area (Å²) in [5.74, 6) is 0.192. The minimum Gasteiger partial charge on any atom is -0.507 e. The molecular weight excluding hydrogens is 214 g/mol. The minimum atomic E-state index is -0.0473. The van der Waals surface area contributed by atoms with Crippen molar-refractivity contribution in [3.05, 3.63) is 59.7 Å². The monoisotopic (exact) mass is 227 g/mol. The molecule has 0 bridgehead atoms. The Morgan fingerprint density at radius 2 is 1.71 bits per heavy atom. The third-order valence-electron chi connectivity index (χ3n) is 2.44. The van der Waals surface area contributed by atoms with E-state index in [1.165, 1.54) is 0 Å². The fraction of sp³-hybridized carbons (Fsp3) is 0.0714. The van der Waals surface area contributed by atoms with E-state index in [0.29, 0.717) is 11.3 Å². The average molecular weight is 227 g/mol. The summed E-state index contributed by atoms with van der Waals surface area (Å²) in [6.07, 6.45) is 1.59. The van der Waals surface area contributed by atoms with E-state index < -0.39 is 0 Å². The summed E-state index contributed by atoms with van der Waals surface area (Å²) in [4.78, 5) is 4.26. The molecule has 0 aliphatic rings. The van der Waals surface area contributed by atoms with Crippen LogP contribution in [0.3, 0.4) is 0 Å². The van der Waals surface area contributed by atoms with Crippen LogP contribution in [0.15, 0.2) is 53.5 Å². The van der Waals surface area contributed by atoms with Crippen LogP contribution in [0.4, 0.5) is 5.69 Å². The van der Waals surface area contributed by atoms with Crippen LogP contribution in [0, 0.1) is 0 Å². The highest BCUT2D eigenvalue weighted by Gasteiger charge is 1.98. The summed E-state index contributed by atoms with van der Waals surface area (Å²) in [6, 6.07) is 14.3. The molecule has 17 heavy (non-hydrogen) atoms. The zero-order valence-electron chi connectivity index (χ0n) is 9.24. The van der Waals surface area contributed by atoms with E-state index in [9.17, 15) is 5.11 Å². The molecule has 2 aromatic rings. The lowest BCUT2D eigenvalue weighted by Gasteiger charge is -2.01. The normalized spacial score (nSPS) is 10.9. The second kappa shape index (κ2) is 5.27. The van der Waals surface area contributed by atoms with Gasteiger partial charge in [0.1, 0.15) is 5.75 Å². The van der Waals surface area contributed by atoms with Crippen LogP contribution in [0.1, 0.15) is 11.1 Å². The molecule has 0 amide bonds. The van der Waals surface area contributed by atoms with E-state index in [0.717, 1.165) is 5.56 Å². The Kier molecular flexibility index (Phi) is 3.52. The number of aromatic hydroxyl groups is 1. The van der Waals surface area contributed by atoms with Gasteiger partial charge in [0.15, 0.2) is 0 Å². The van der Waals surface area contributed by atoms with Crippen molar-refractivity contribution in [3.8, 4) is 5.75 Å². The first kappa shape index (κ1) is 11.4. The second-order valence-corrected chi connectivity index (χ2v) is 3.60. The standard InChI is InChI=1S/C14H13NO2/c16-10-12-6-1-3-7-13(12)15-9-11-5-2-4-8-14(11)17/h1-9,16-17H,10H2. The van der Waals surface area contributed by atoms with Gasteiger partial charge in [-0.15, -0.1) is 0 Å². The second-order valence-electron chi connectivity index (χ2n) is 3.60. The number of aliphatic hydroxyl groups is 1. The summed E-state index contributed by atoms with van der Waals surface area (Å²) < 4.78 is 0. The Bertz CT molecular complexity index is 535. The van der Waals surface area contributed by atoms with Crippen molar-refractivity contribution in [1.82, 2.24) is 0 Å². The van der Waals surface area contributed by atoms with Gasteiger partial charge in [0.25, 0.3) is 0 Å². The van der Waals surface area contributed by atoms with Crippen molar-refractivity contribution in [2.75, 3.05) is 0 Å². The SMILES string of the molecule is OCc1ccccc1N=Cc1ccccc1O. The first-order valence-electron chi connectivity index (χ1n) is 5.32. The van der Waals surface area contributed by atoms with Crippen molar-refractivity contribution >= 4 is 11.9 Å². The van der Waals surface area contributed by atoms with Crippen LogP contribution in [-0.4, -0.2) is 16.4 Å². The van der Waals surface area contributed by atoms with Crippen molar-refractivity contribution in [1.29, 1.82) is 0 Å². The van der Waals surface area contributed by atoms with E-state index in [1.807, 2.05) is 30.3 Å². The first-order chi connectivity index (χ1) is 8.31. The Morgan fingerprint density at radius 3 is 2.47 bits per heavy atom. The van der Waals surface area contributed by atoms with Gasteiger partial charge in [-0.1, -0.05) is 30.3 Å². The molecule has 3 nitrogen and oxygen atoms in total. The maximum Gasteiger partial charge on any atom is 0.124 e. The lowest BCUT2D eigenvalue weighted by atomic mass is 10.2. The number of benzene rings is 2. The third kappa shape index (κ3) is 2.71. The Balaban J connectivity index is 2.29. The van der Waals surface area contributed by atoms with Crippen molar-refractivity contribution in [3.63, 3.8) is 0 Å². The van der Waals surface area contributed by atoms with Gasteiger partial charge in [-0.05, 0) is 18.2 Å². The molecule has 86 valence electrons. The van der Waals surface area contributed by atoms with E-state index in [1.54, 1.807) is 24.4 Å². The summed E-state index contributed by atoms with van der Waals surface area (Å²) >= 11 is 0. The Hall–Kier alpha value is -2.13. The zero-order chi connectivity index (χ0) is 12.1. The summed E-state index contributed by atoms with van der Waals surface area (Å²) in [6.45, 7) is -0.0473. The molecule has 2 N–H and O–H groups in total. The molecule has 0 atom stereocenters. The summed E-state index contributed by atoms with van der Waals surface area (Å²) in [7, 11) is 0. The summed E-state index contributed by atoms with van der Waals surface area (Å²) in [5, 5.41) is 18.7. The fourth-order valence-corrected chi connectivity index (χ4v) is 1.51. The molecule has 3 heteroatoms. The van der Waals surface area contributed by atoms with E-state index in [-0.39, 0.29) is 12.4 Å². The maximum atomic E-state index is 9.57. The van der Waals surface area contributed by atoms with E-state index in [4.69, 9.17) is 5.11 Å².